The third-order valence-corrected chi connectivity index (χ3v) is 4.83. The van der Waals surface area contributed by atoms with Crippen molar-refractivity contribution in [3.63, 3.8) is 0 Å². The lowest BCUT2D eigenvalue weighted by Crippen LogP contribution is -2.55. The zero-order chi connectivity index (χ0) is 24.1. The average molecular weight is 441 g/mol. The molecule has 0 saturated heterocycles. The standard InChI is InChI=1S/C23H44N4O4/c1-14(2)13-20(25-16(5)6)23(31)26-17(7)22(30)27-19(21(29)15(3)4)11-9-10-12-24-18(8)28/h14-17,19-20,25H,9-13H2,1-8H3,(H,24,28)(H,26,31)(H,27,30)/t17?,19-,20-/m0/s1. The van der Waals surface area contributed by atoms with Crippen LogP contribution >= 0.6 is 0 Å². The van der Waals surface area contributed by atoms with E-state index in [2.05, 4.69) is 21.3 Å². The maximum Gasteiger partial charge on any atom is 0.242 e. The van der Waals surface area contributed by atoms with E-state index in [1.807, 2.05) is 27.7 Å². The van der Waals surface area contributed by atoms with Gasteiger partial charge >= 0.3 is 0 Å². The van der Waals surface area contributed by atoms with E-state index in [1.165, 1.54) is 6.92 Å². The topological polar surface area (TPSA) is 116 Å². The van der Waals surface area contributed by atoms with E-state index in [9.17, 15) is 19.2 Å². The first-order valence-corrected chi connectivity index (χ1v) is 11.5. The minimum Gasteiger partial charge on any atom is -0.356 e. The van der Waals surface area contributed by atoms with Gasteiger partial charge in [-0.3, -0.25) is 19.2 Å². The zero-order valence-electron chi connectivity index (χ0n) is 20.6. The molecule has 8 heteroatoms. The number of carbonyl (C=O) groups is 4. The van der Waals surface area contributed by atoms with Gasteiger partial charge in [-0.05, 0) is 38.5 Å². The molecule has 0 aliphatic rings. The summed E-state index contributed by atoms with van der Waals surface area (Å²) in [5.41, 5.74) is 0. The third kappa shape index (κ3) is 13.1. The Morgan fingerprint density at radius 3 is 1.87 bits per heavy atom. The van der Waals surface area contributed by atoms with Crippen LogP contribution in [-0.2, 0) is 19.2 Å². The molecule has 0 aliphatic heterocycles. The fourth-order valence-corrected chi connectivity index (χ4v) is 3.23. The second kappa shape index (κ2) is 14.9. The number of ketones is 1. The summed E-state index contributed by atoms with van der Waals surface area (Å²) in [6, 6.07) is -1.59. The summed E-state index contributed by atoms with van der Waals surface area (Å²) in [4.78, 5) is 48.9. The fourth-order valence-electron chi connectivity index (χ4n) is 3.23. The van der Waals surface area contributed by atoms with Crippen molar-refractivity contribution in [1.82, 2.24) is 21.3 Å². The highest BCUT2D eigenvalue weighted by Gasteiger charge is 2.27. The van der Waals surface area contributed by atoms with Crippen LogP contribution in [0, 0.1) is 11.8 Å². The van der Waals surface area contributed by atoms with Gasteiger partial charge in [0, 0.05) is 25.4 Å². The van der Waals surface area contributed by atoms with Crippen molar-refractivity contribution in [2.45, 2.75) is 105 Å². The van der Waals surface area contributed by atoms with E-state index < -0.39 is 12.1 Å². The molecule has 3 atom stereocenters. The number of hydrogen-bond acceptors (Lipinski definition) is 5. The number of nitrogens with one attached hydrogen (secondary N) is 4. The van der Waals surface area contributed by atoms with E-state index in [1.54, 1.807) is 20.8 Å². The van der Waals surface area contributed by atoms with Crippen LogP contribution in [0.4, 0.5) is 0 Å². The molecule has 180 valence electrons. The van der Waals surface area contributed by atoms with Crippen LogP contribution in [-0.4, -0.2) is 54.2 Å². The van der Waals surface area contributed by atoms with Crippen LogP contribution in [0.15, 0.2) is 0 Å². The van der Waals surface area contributed by atoms with Gasteiger partial charge in [-0.25, -0.2) is 0 Å². The van der Waals surface area contributed by atoms with Crippen LogP contribution in [0.1, 0.15) is 81.1 Å². The normalized spacial score (nSPS) is 14.3. The Morgan fingerprint density at radius 1 is 0.774 bits per heavy atom. The fraction of sp³-hybridized carbons (Fsp3) is 0.826. The minimum atomic E-state index is -0.752. The van der Waals surface area contributed by atoms with Crippen LogP contribution in [0.5, 0.6) is 0 Å². The molecule has 31 heavy (non-hydrogen) atoms. The second-order valence-corrected chi connectivity index (χ2v) is 9.33. The summed E-state index contributed by atoms with van der Waals surface area (Å²) in [6.07, 6.45) is 2.58. The van der Waals surface area contributed by atoms with Crippen molar-refractivity contribution in [2.75, 3.05) is 6.54 Å². The molecule has 0 rings (SSSR count). The Bertz CT molecular complexity index is 580. The first-order valence-electron chi connectivity index (χ1n) is 11.5. The van der Waals surface area contributed by atoms with Crippen LogP contribution in [0.3, 0.4) is 0 Å². The molecule has 0 bridgehead atoms. The molecule has 0 spiro atoms. The van der Waals surface area contributed by atoms with Gasteiger partial charge in [0.1, 0.15) is 6.04 Å². The van der Waals surface area contributed by atoms with E-state index >= 15 is 0 Å². The maximum atomic E-state index is 12.7. The number of carbonyl (C=O) groups excluding carboxylic acids is 4. The molecule has 0 fully saturated rings. The lowest BCUT2D eigenvalue weighted by atomic mass is 9.96. The lowest BCUT2D eigenvalue weighted by Gasteiger charge is -2.25. The van der Waals surface area contributed by atoms with Crippen LogP contribution in [0.2, 0.25) is 0 Å². The van der Waals surface area contributed by atoms with Crippen LogP contribution < -0.4 is 21.3 Å². The van der Waals surface area contributed by atoms with E-state index in [-0.39, 0.29) is 41.5 Å². The highest BCUT2D eigenvalue weighted by atomic mass is 16.2. The summed E-state index contributed by atoms with van der Waals surface area (Å²) in [7, 11) is 0. The quantitative estimate of drug-likeness (QED) is 0.290. The highest BCUT2D eigenvalue weighted by molar-refractivity contribution is 5.94. The van der Waals surface area contributed by atoms with Crippen molar-refractivity contribution in [1.29, 1.82) is 0 Å². The summed E-state index contributed by atoms with van der Waals surface area (Å²) in [5, 5.41) is 11.6. The Hall–Kier alpha value is -1.96. The average Bonchev–Trinajstić information content (AvgIpc) is 2.64. The molecule has 4 N–H and O–H groups in total. The van der Waals surface area contributed by atoms with Gasteiger partial charge in [-0.1, -0.05) is 41.5 Å². The Balaban J connectivity index is 4.91. The molecule has 1 unspecified atom stereocenters. The van der Waals surface area contributed by atoms with E-state index in [0.717, 1.165) is 6.42 Å². The van der Waals surface area contributed by atoms with Crippen molar-refractivity contribution < 1.29 is 19.2 Å². The third-order valence-electron chi connectivity index (χ3n) is 4.83. The molecule has 0 saturated carbocycles. The number of hydrogen-bond donors (Lipinski definition) is 4. The zero-order valence-corrected chi connectivity index (χ0v) is 20.6. The number of Topliss-reactive ketones (excluding diaryl/α,β-unsaturated/α-hetero) is 1. The molecule has 0 heterocycles. The summed E-state index contributed by atoms with van der Waals surface area (Å²) in [5.74, 6) is -0.594. The Kier molecular flexibility index (Phi) is 14.0. The lowest BCUT2D eigenvalue weighted by molar-refractivity contribution is -0.132. The van der Waals surface area contributed by atoms with Gasteiger partial charge in [0.05, 0.1) is 12.1 Å². The number of unbranched alkanes of at least 4 members (excludes halogenated alkanes) is 1. The maximum absolute atomic E-state index is 12.7. The molecule has 0 aromatic rings. The van der Waals surface area contributed by atoms with Crippen molar-refractivity contribution in [3.05, 3.63) is 0 Å². The monoisotopic (exact) mass is 440 g/mol. The van der Waals surface area contributed by atoms with Gasteiger partial charge in [0.15, 0.2) is 5.78 Å². The second-order valence-electron chi connectivity index (χ2n) is 9.33. The molecule has 0 aromatic heterocycles. The smallest absolute Gasteiger partial charge is 0.242 e. The number of amides is 3. The van der Waals surface area contributed by atoms with Gasteiger partial charge in [-0.15, -0.1) is 0 Å². The summed E-state index contributed by atoms with van der Waals surface area (Å²) < 4.78 is 0. The molecular weight excluding hydrogens is 396 g/mol. The first kappa shape index (κ1) is 29.0. The van der Waals surface area contributed by atoms with Crippen molar-refractivity contribution in [2.24, 2.45) is 11.8 Å². The Labute approximate surface area is 188 Å². The largest absolute Gasteiger partial charge is 0.356 e. The predicted octanol–water partition coefficient (Wildman–Crippen LogP) is 1.92. The van der Waals surface area contributed by atoms with Crippen LogP contribution in [0.25, 0.3) is 0 Å². The molecule has 3 amide bonds. The molecule has 0 aromatic carbocycles. The molecule has 0 radical (unpaired) electrons. The van der Waals surface area contributed by atoms with Gasteiger partial charge < -0.3 is 21.3 Å². The van der Waals surface area contributed by atoms with E-state index in [0.29, 0.717) is 31.7 Å². The van der Waals surface area contributed by atoms with Gasteiger partial charge in [0.2, 0.25) is 17.7 Å². The van der Waals surface area contributed by atoms with E-state index in [4.69, 9.17) is 0 Å². The molecule has 8 nitrogen and oxygen atoms in total. The molecule has 0 aliphatic carbocycles. The SMILES string of the molecule is CC(=O)NCCCC[C@H](NC(=O)C(C)NC(=O)[C@H](CC(C)C)NC(C)C)C(=O)C(C)C. The van der Waals surface area contributed by atoms with Gasteiger partial charge in [-0.2, -0.15) is 0 Å². The highest BCUT2D eigenvalue weighted by Crippen LogP contribution is 2.09. The first-order chi connectivity index (χ1) is 14.3. The molecular formula is C23H44N4O4. The summed E-state index contributed by atoms with van der Waals surface area (Å²) >= 11 is 0. The van der Waals surface area contributed by atoms with Gasteiger partial charge in [0.25, 0.3) is 0 Å². The minimum absolute atomic E-state index is 0.0365. The Morgan fingerprint density at radius 2 is 1.39 bits per heavy atom. The van der Waals surface area contributed by atoms with Crippen molar-refractivity contribution in [3.8, 4) is 0 Å². The predicted molar refractivity (Wildman–Crippen MR) is 123 cm³/mol. The van der Waals surface area contributed by atoms with Crippen molar-refractivity contribution >= 4 is 23.5 Å². The number of rotatable bonds is 15. The summed E-state index contributed by atoms with van der Waals surface area (Å²) in [6.45, 7) is 15.3.